The summed E-state index contributed by atoms with van der Waals surface area (Å²) in [5, 5.41) is 6.10. The van der Waals surface area contributed by atoms with E-state index in [1.54, 1.807) is 0 Å². The SMILES string of the molecule is CC(C)CCCC1CNCC(=O)N1. The van der Waals surface area contributed by atoms with Crippen molar-refractivity contribution in [1.29, 1.82) is 0 Å². The standard InChI is InChI=1S/C10H20N2O/c1-8(2)4-3-5-9-6-11-7-10(13)12-9/h8-9,11H,3-7H2,1-2H3,(H,12,13). The van der Waals surface area contributed by atoms with E-state index in [9.17, 15) is 4.79 Å². The first-order valence-corrected chi connectivity index (χ1v) is 5.18. The van der Waals surface area contributed by atoms with Crippen LogP contribution < -0.4 is 10.6 Å². The van der Waals surface area contributed by atoms with E-state index in [-0.39, 0.29) is 5.91 Å². The highest BCUT2D eigenvalue weighted by molar-refractivity contribution is 5.79. The molecule has 1 rings (SSSR count). The summed E-state index contributed by atoms with van der Waals surface area (Å²) in [4.78, 5) is 11.0. The molecular weight excluding hydrogens is 164 g/mol. The van der Waals surface area contributed by atoms with Gasteiger partial charge in [0.2, 0.25) is 5.91 Å². The topological polar surface area (TPSA) is 41.1 Å². The van der Waals surface area contributed by atoms with Crippen LogP contribution in [0.3, 0.4) is 0 Å². The number of hydrogen-bond acceptors (Lipinski definition) is 2. The van der Waals surface area contributed by atoms with E-state index >= 15 is 0 Å². The molecule has 3 heteroatoms. The van der Waals surface area contributed by atoms with Gasteiger partial charge < -0.3 is 10.6 Å². The van der Waals surface area contributed by atoms with Crippen molar-refractivity contribution in [3.63, 3.8) is 0 Å². The van der Waals surface area contributed by atoms with Gasteiger partial charge in [-0.25, -0.2) is 0 Å². The molecule has 1 atom stereocenters. The number of carbonyl (C=O) groups is 1. The number of carbonyl (C=O) groups excluding carboxylic acids is 1. The summed E-state index contributed by atoms with van der Waals surface area (Å²) >= 11 is 0. The molecular formula is C10H20N2O. The maximum Gasteiger partial charge on any atom is 0.234 e. The largest absolute Gasteiger partial charge is 0.351 e. The Morgan fingerprint density at radius 2 is 2.31 bits per heavy atom. The van der Waals surface area contributed by atoms with Crippen LogP contribution in [-0.4, -0.2) is 25.0 Å². The van der Waals surface area contributed by atoms with Crippen molar-refractivity contribution in [3.05, 3.63) is 0 Å². The number of hydrogen-bond donors (Lipinski definition) is 2. The first kappa shape index (κ1) is 10.5. The van der Waals surface area contributed by atoms with Crippen LogP contribution in [0.2, 0.25) is 0 Å². The first-order chi connectivity index (χ1) is 6.18. The molecule has 1 aliphatic heterocycles. The highest BCUT2D eigenvalue weighted by Crippen LogP contribution is 2.08. The molecule has 1 aliphatic rings. The van der Waals surface area contributed by atoms with Crippen LogP contribution in [0.4, 0.5) is 0 Å². The third-order valence-corrected chi connectivity index (χ3v) is 2.38. The van der Waals surface area contributed by atoms with Gasteiger partial charge in [0.25, 0.3) is 0 Å². The second-order valence-corrected chi connectivity index (χ2v) is 4.22. The second kappa shape index (κ2) is 5.22. The number of piperazine rings is 1. The number of nitrogens with one attached hydrogen (secondary N) is 2. The third kappa shape index (κ3) is 4.27. The Kier molecular flexibility index (Phi) is 4.22. The Labute approximate surface area is 80.3 Å². The number of rotatable bonds is 4. The van der Waals surface area contributed by atoms with E-state index in [0.29, 0.717) is 12.6 Å². The third-order valence-electron chi connectivity index (χ3n) is 2.38. The molecule has 3 nitrogen and oxygen atoms in total. The fourth-order valence-corrected chi connectivity index (χ4v) is 1.64. The van der Waals surface area contributed by atoms with Gasteiger partial charge in [-0.3, -0.25) is 4.79 Å². The van der Waals surface area contributed by atoms with Crippen molar-refractivity contribution in [1.82, 2.24) is 10.6 Å². The smallest absolute Gasteiger partial charge is 0.234 e. The lowest BCUT2D eigenvalue weighted by Crippen LogP contribution is -2.51. The van der Waals surface area contributed by atoms with Crippen LogP contribution in [0, 0.1) is 5.92 Å². The van der Waals surface area contributed by atoms with Gasteiger partial charge in [-0.15, -0.1) is 0 Å². The van der Waals surface area contributed by atoms with Gasteiger partial charge in [-0.2, -0.15) is 0 Å². The molecule has 1 saturated heterocycles. The summed E-state index contributed by atoms with van der Waals surface area (Å²) < 4.78 is 0. The average Bonchev–Trinajstić information content (AvgIpc) is 2.03. The van der Waals surface area contributed by atoms with Crippen molar-refractivity contribution in [2.45, 2.75) is 39.2 Å². The monoisotopic (exact) mass is 184 g/mol. The molecule has 1 amide bonds. The molecule has 0 radical (unpaired) electrons. The molecule has 0 aromatic rings. The van der Waals surface area contributed by atoms with E-state index in [2.05, 4.69) is 24.5 Å². The van der Waals surface area contributed by atoms with Crippen LogP contribution in [0.1, 0.15) is 33.1 Å². The zero-order valence-electron chi connectivity index (χ0n) is 8.60. The van der Waals surface area contributed by atoms with Gasteiger partial charge in [0.05, 0.1) is 6.54 Å². The van der Waals surface area contributed by atoms with E-state index < -0.39 is 0 Å². The van der Waals surface area contributed by atoms with Crippen molar-refractivity contribution < 1.29 is 4.79 Å². The maximum absolute atomic E-state index is 11.0. The fourth-order valence-electron chi connectivity index (χ4n) is 1.64. The van der Waals surface area contributed by atoms with Crippen LogP contribution in [0.25, 0.3) is 0 Å². The van der Waals surface area contributed by atoms with Crippen molar-refractivity contribution in [2.75, 3.05) is 13.1 Å². The average molecular weight is 184 g/mol. The van der Waals surface area contributed by atoms with Crippen molar-refractivity contribution in [3.8, 4) is 0 Å². The van der Waals surface area contributed by atoms with Gasteiger partial charge in [0.15, 0.2) is 0 Å². The second-order valence-electron chi connectivity index (χ2n) is 4.22. The van der Waals surface area contributed by atoms with Crippen LogP contribution >= 0.6 is 0 Å². The molecule has 0 aromatic carbocycles. The molecule has 1 fully saturated rings. The van der Waals surface area contributed by atoms with Gasteiger partial charge in [0, 0.05) is 12.6 Å². The van der Waals surface area contributed by atoms with Gasteiger partial charge >= 0.3 is 0 Å². The molecule has 1 heterocycles. The zero-order chi connectivity index (χ0) is 9.68. The number of amides is 1. The zero-order valence-corrected chi connectivity index (χ0v) is 8.60. The highest BCUT2D eigenvalue weighted by Gasteiger charge is 2.16. The Morgan fingerprint density at radius 3 is 2.92 bits per heavy atom. The Bertz CT molecular complexity index is 168. The first-order valence-electron chi connectivity index (χ1n) is 5.18. The summed E-state index contributed by atoms with van der Waals surface area (Å²) in [6, 6.07) is 0.361. The summed E-state index contributed by atoms with van der Waals surface area (Å²) in [6.07, 6.45) is 3.58. The maximum atomic E-state index is 11.0. The minimum atomic E-state index is 0.140. The van der Waals surface area contributed by atoms with E-state index in [1.165, 1.54) is 12.8 Å². The Balaban J connectivity index is 2.10. The fraction of sp³-hybridized carbons (Fsp3) is 0.900. The summed E-state index contributed by atoms with van der Waals surface area (Å²) in [7, 11) is 0. The lowest BCUT2D eigenvalue weighted by Gasteiger charge is -2.24. The normalized spacial score (nSPS) is 23.3. The summed E-state index contributed by atoms with van der Waals surface area (Å²) in [6.45, 7) is 5.89. The molecule has 76 valence electrons. The van der Waals surface area contributed by atoms with E-state index in [0.717, 1.165) is 18.9 Å². The molecule has 0 aliphatic carbocycles. The predicted octanol–water partition coefficient (Wildman–Crippen LogP) is 0.901. The quantitative estimate of drug-likeness (QED) is 0.681. The summed E-state index contributed by atoms with van der Waals surface area (Å²) in [5.74, 6) is 0.910. The van der Waals surface area contributed by atoms with Crippen LogP contribution in [-0.2, 0) is 4.79 Å². The minimum absolute atomic E-state index is 0.140. The van der Waals surface area contributed by atoms with Crippen molar-refractivity contribution in [2.24, 2.45) is 5.92 Å². The van der Waals surface area contributed by atoms with E-state index in [4.69, 9.17) is 0 Å². The Hall–Kier alpha value is -0.570. The van der Waals surface area contributed by atoms with E-state index in [1.807, 2.05) is 0 Å². The lowest BCUT2D eigenvalue weighted by molar-refractivity contribution is -0.122. The van der Waals surface area contributed by atoms with Gasteiger partial charge in [-0.05, 0) is 12.3 Å². The molecule has 0 spiro atoms. The molecule has 0 saturated carbocycles. The molecule has 13 heavy (non-hydrogen) atoms. The molecule has 1 unspecified atom stereocenters. The molecule has 2 N–H and O–H groups in total. The lowest BCUT2D eigenvalue weighted by atomic mass is 10.0. The van der Waals surface area contributed by atoms with Crippen molar-refractivity contribution >= 4 is 5.91 Å². The predicted molar refractivity (Wildman–Crippen MR) is 53.5 cm³/mol. The minimum Gasteiger partial charge on any atom is -0.351 e. The van der Waals surface area contributed by atoms with Gasteiger partial charge in [-0.1, -0.05) is 26.7 Å². The summed E-state index contributed by atoms with van der Waals surface area (Å²) in [5.41, 5.74) is 0. The van der Waals surface area contributed by atoms with Crippen LogP contribution in [0.15, 0.2) is 0 Å². The Morgan fingerprint density at radius 1 is 1.54 bits per heavy atom. The van der Waals surface area contributed by atoms with Crippen LogP contribution in [0.5, 0.6) is 0 Å². The van der Waals surface area contributed by atoms with Gasteiger partial charge in [0.1, 0.15) is 0 Å². The molecule has 0 bridgehead atoms. The highest BCUT2D eigenvalue weighted by atomic mass is 16.2. The molecule has 0 aromatic heterocycles.